The van der Waals surface area contributed by atoms with Crippen molar-refractivity contribution in [1.82, 2.24) is 9.55 Å². The largest absolute Gasteiger partial charge is 0.370 e. The van der Waals surface area contributed by atoms with Gasteiger partial charge >= 0.3 is 0 Å². The average molecular weight is 246 g/mol. The van der Waals surface area contributed by atoms with Gasteiger partial charge in [-0.3, -0.25) is 9.59 Å². The number of amides is 2. The third kappa shape index (κ3) is 2.48. The number of carbonyl (C=O) groups is 2. The predicted octanol–water partition coefficient (Wildman–Crippen LogP) is -0.0605. The number of nitrogens with two attached hydrogens (primary N) is 2. The predicted molar refractivity (Wildman–Crippen MR) is 66.4 cm³/mol. The van der Waals surface area contributed by atoms with Crippen LogP contribution in [-0.2, 0) is 22.6 Å². The van der Waals surface area contributed by atoms with E-state index in [1.807, 2.05) is 28.8 Å². The Morgan fingerprint density at radius 1 is 1.17 bits per heavy atom. The molecule has 0 spiro atoms. The van der Waals surface area contributed by atoms with E-state index in [-0.39, 0.29) is 12.8 Å². The molecule has 2 aromatic rings. The van der Waals surface area contributed by atoms with Crippen LogP contribution in [-0.4, -0.2) is 21.4 Å². The molecule has 1 aromatic heterocycles. The van der Waals surface area contributed by atoms with Crippen molar-refractivity contribution in [2.75, 3.05) is 0 Å². The van der Waals surface area contributed by atoms with Crippen molar-refractivity contribution >= 4 is 22.8 Å². The summed E-state index contributed by atoms with van der Waals surface area (Å²) in [5.74, 6) is -0.284. The van der Waals surface area contributed by atoms with Crippen molar-refractivity contribution in [2.24, 2.45) is 11.5 Å². The maximum atomic E-state index is 11.0. The topological polar surface area (TPSA) is 104 Å². The molecule has 0 unspecified atom stereocenters. The highest BCUT2D eigenvalue weighted by Crippen LogP contribution is 2.16. The van der Waals surface area contributed by atoms with E-state index in [2.05, 4.69) is 4.98 Å². The lowest BCUT2D eigenvalue weighted by atomic mass is 10.3. The van der Waals surface area contributed by atoms with Gasteiger partial charge in [0, 0.05) is 13.0 Å². The van der Waals surface area contributed by atoms with Crippen LogP contribution in [0.25, 0.3) is 11.0 Å². The number of aromatic nitrogens is 2. The minimum absolute atomic E-state index is 0.0490. The van der Waals surface area contributed by atoms with Crippen LogP contribution < -0.4 is 11.5 Å². The quantitative estimate of drug-likeness (QED) is 0.772. The van der Waals surface area contributed by atoms with E-state index in [4.69, 9.17) is 11.5 Å². The number of primary amides is 2. The summed E-state index contributed by atoms with van der Waals surface area (Å²) < 4.78 is 1.81. The first-order valence-corrected chi connectivity index (χ1v) is 5.58. The van der Waals surface area contributed by atoms with E-state index in [0.717, 1.165) is 11.0 Å². The zero-order valence-corrected chi connectivity index (χ0v) is 9.80. The fourth-order valence-electron chi connectivity index (χ4n) is 1.89. The number of rotatable bonds is 5. The van der Waals surface area contributed by atoms with Gasteiger partial charge in [-0.1, -0.05) is 12.1 Å². The molecule has 6 nitrogen and oxygen atoms in total. The summed E-state index contributed by atoms with van der Waals surface area (Å²) in [6.07, 6.45) is 0.250. The summed E-state index contributed by atoms with van der Waals surface area (Å²) in [5.41, 5.74) is 12.0. The lowest BCUT2D eigenvalue weighted by Crippen LogP contribution is -2.19. The van der Waals surface area contributed by atoms with Gasteiger partial charge in [0.15, 0.2) is 0 Å². The van der Waals surface area contributed by atoms with Gasteiger partial charge in [-0.25, -0.2) is 4.98 Å². The molecular formula is C12H14N4O2. The summed E-state index contributed by atoms with van der Waals surface area (Å²) in [4.78, 5) is 26.2. The number of benzene rings is 1. The summed E-state index contributed by atoms with van der Waals surface area (Å²) in [6.45, 7) is 0.401. The molecule has 6 heteroatoms. The van der Waals surface area contributed by atoms with Crippen molar-refractivity contribution in [3.8, 4) is 0 Å². The minimum Gasteiger partial charge on any atom is -0.370 e. The van der Waals surface area contributed by atoms with E-state index < -0.39 is 11.8 Å². The van der Waals surface area contributed by atoms with Gasteiger partial charge in [-0.15, -0.1) is 0 Å². The Kier molecular flexibility index (Phi) is 3.27. The molecule has 0 atom stereocenters. The molecule has 0 saturated heterocycles. The summed E-state index contributed by atoms with van der Waals surface area (Å²) in [6, 6.07) is 7.47. The van der Waals surface area contributed by atoms with Gasteiger partial charge in [0.05, 0.1) is 17.5 Å². The van der Waals surface area contributed by atoms with Crippen molar-refractivity contribution in [3.05, 3.63) is 30.1 Å². The Morgan fingerprint density at radius 2 is 1.89 bits per heavy atom. The second-order valence-electron chi connectivity index (χ2n) is 4.03. The lowest BCUT2D eigenvalue weighted by Gasteiger charge is -2.06. The number of aryl methyl sites for hydroxylation is 1. The van der Waals surface area contributed by atoms with Crippen LogP contribution in [0.5, 0.6) is 0 Å². The highest BCUT2D eigenvalue weighted by Gasteiger charge is 2.12. The molecule has 94 valence electrons. The van der Waals surface area contributed by atoms with Gasteiger partial charge in [-0.05, 0) is 12.1 Å². The van der Waals surface area contributed by atoms with Gasteiger partial charge < -0.3 is 16.0 Å². The number of nitrogens with zero attached hydrogens (tertiary/aromatic N) is 2. The molecule has 0 radical (unpaired) electrons. The molecule has 4 N–H and O–H groups in total. The molecule has 1 heterocycles. The fourth-order valence-corrected chi connectivity index (χ4v) is 1.89. The highest BCUT2D eigenvalue weighted by atomic mass is 16.1. The van der Waals surface area contributed by atoms with E-state index >= 15 is 0 Å². The number of imidazole rings is 1. The first-order chi connectivity index (χ1) is 8.58. The van der Waals surface area contributed by atoms with Crippen molar-refractivity contribution in [2.45, 2.75) is 19.4 Å². The SMILES string of the molecule is NC(=O)CCn1c(CC(N)=O)nc2ccccc21. The Balaban J connectivity index is 2.43. The Morgan fingerprint density at radius 3 is 2.56 bits per heavy atom. The second kappa shape index (κ2) is 4.87. The van der Waals surface area contributed by atoms with E-state index in [0.29, 0.717) is 12.4 Å². The van der Waals surface area contributed by atoms with Crippen LogP contribution in [0.3, 0.4) is 0 Å². The standard InChI is InChI=1S/C12H14N4O2/c13-10(17)5-6-16-9-4-2-1-3-8(9)15-12(16)7-11(14)18/h1-4H,5-7H2,(H2,13,17)(H2,14,18). The fraction of sp³-hybridized carbons (Fsp3) is 0.250. The van der Waals surface area contributed by atoms with Gasteiger partial charge in [0.1, 0.15) is 5.82 Å². The van der Waals surface area contributed by atoms with E-state index in [9.17, 15) is 9.59 Å². The third-order valence-electron chi connectivity index (χ3n) is 2.65. The van der Waals surface area contributed by atoms with Gasteiger partial charge in [0.25, 0.3) is 0 Å². The summed E-state index contributed by atoms with van der Waals surface area (Å²) in [5, 5.41) is 0. The normalized spacial score (nSPS) is 10.7. The number of fused-ring (bicyclic) bond motifs is 1. The molecule has 1 aromatic carbocycles. The zero-order valence-electron chi connectivity index (χ0n) is 9.80. The molecule has 0 aliphatic heterocycles. The van der Waals surface area contributed by atoms with Crippen molar-refractivity contribution < 1.29 is 9.59 Å². The van der Waals surface area contributed by atoms with Crippen LogP contribution >= 0.6 is 0 Å². The maximum absolute atomic E-state index is 11.0. The van der Waals surface area contributed by atoms with E-state index in [1.165, 1.54) is 0 Å². The number of carbonyl (C=O) groups excluding carboxylic acids is 2. The summed E-state index contributed by atoms with van der Waals surface area (Å²) >= 11 is 0. The van der Waals surface area contributed by atoms with Crippen molar-refractivity contribution in [1.29, 1.82) is 0 Å². The monoisotopic (exact) mass is 246 g/mol. The van der Waals surface area contributed by atoms with E-state index in [1.54, 1.807) is 0 Å². The smallest absolute Gasteiger partial charge is 0.225 e. The Labute approximate surface area is 104 Å². The average Bonchev–Trinajstić information content (AvgIpc) is 2.62. The first-order valence-electron chi connectivity index (χ1n) is 5.58. The number of hydrogen-bond acceptors (Lipinski definition) is 3. The van der Waals surface area contributed by atoms with Crippen LogP contribution in [0.1, 0.15) is 12.2 Å². The molecule has 0 fully saturated rings. The molecular weight excluding hydrogens is 232 g/mol. The first kappa shape index (κ1) is 12.1. The molecule has 18 heavy (non-hydrogen) atoms. The second-order valence-corrected chi connectivity index (χ2v) is 4.03. The van der Waals surface area contributed by atoms with Crippen LogP contribution in [0.4, 0.5) is 0 Å². The molecule has 0 saturated carbocycles. The molecule has 0 aliphatic rings. The van der Waals surface area contributed by atoms with Crippen LogP contribution in [0.2, 0.25) is 0 Å². The molecule has 2 amide bonds. The Hall–Kier alpha value is -2.37. The van der Waals surface area contributed by atoms with Crippen LogP contribution in [0.15, 0.2) is 24.3 Å². The van der Waals surface area contributed by atoms with Gasteiger partial charge in [-0.2, -0.15) is 0 Å². The van der Waals surface area contributed by atoms with Gasteiger partial charge in [0.2, 0.25) is 11.8 Å². The summed E-state index contributed by atoms with van der Waals surface area (Å²) in [7, 11) is 0. The zero-order chi connectivity index (χ0) is 13.1. The maximum Gasteiger partial charge on any atom is 0.225 e. The third-order valence-corrected chi connectivity index (χ3v) is 2.65. The molecule has 2 rings (SSSR count). The highest BCUT2D eigenvalue weighted by molar-refractivity contribution is 5.80. The van der Waals surface area contributed by atoms with Crippen molar-refractivity contribution in [3.63, 3.8) is 0 Å². The molecule has 0 aliphatic carbocycles. The number of hydrogen-bond donors (Lipinski definition) is 2. The number of para-hydroxylation sites is 2. The van der Waals surface area contributed by atoms with Crippen LogP contribution in [0, 0.1) is 0 Å². The Bertz CT molecular complexity index is 603. The lowest BCUT2D eigenvalue weighted by molar-refractivity contribution is -0.118. The minimum atomic E-state index is -0.453. The molecule has 0 bridgehead atoms.